The zero-order valence-corrected chi connectivity index (χ0v) is 14.6. The van der Waals surface area contributed by atoms with Crippen molar-refractivity contribution < 1.29 is 0 Å². The van der Waals surface area contributed by atoms with Gasteiger partial charge in [-0.1, -0.05) is 6.07 Å². The van der Waals surface area contributed by atoms with Gasteiger partial charge in [-0.15, -0.1) is 12.4 Å². The van der Waals surface area contributed by atoms with Crippen molar-refractivity contribution in [1.29, 1.82) is 0 Å². The van der Waals surface area contributed by atoms with Crippen molar-refractivity contribution >= 4 is 23.4 Å². The van der Waals surface area contributed by atoms with E-state index in [1.165, 1.54) is 43.7 Å². The molecule has 126 valence electrons. The minimum atomic E-state index is 0. The number of hydrogen-bond donors (Lipinski definition) is 1. The molecule has 1 unspecified atom stereocenters. The number of imidazole rings is 1. The molecule has 2 fully saturated rings. The summed E-state index contributed by atoms with van der Waals surface area (Å²) < 4.78 is 2.08. The predicted molar refractivity (Wildman–Crippen MR) is 96.1 cm³/mol. The summed E-state index contributed by atoms with van der Waals surface area (Å²) in [7, 11) is 2.05. The molecule has 2 aromatic rings. The number of benzene rings is 1. The van der Waals surface area contributed by atoms with E-state index in [0.29, 0.717) is 0 Å². The van der Waals surface area contributed by atoms with Gasteiger partial charge in [-0.25, -0.2) is 4.98 Å². The minimum absolute atomic E-state index is 0. The van der Waals surface area contributed by atoms with Crippen LogP contribution < -0.4 is 5.32 Å². The van der Waals surface area contributed by atoms with Crippen molar-refractivity contribution in [2.24, 2.45) is 7.05 Å². The molecule has 0 bridgehead atoms. The molecule has 2 aliphatic rings. The maximum Gasteiger partial charge on any atom is 0.0955 e. The zero-order valence-electron chi connectivity index (χ0n) is 13.7. The highest BCUT2D eigenvalue weighted by molar-refractivity contribution is 5.85. The van der Waals surface area contributed by atoms with Crippen molar-refractivity contribution in [3.05, 3.63) is 30.1 Å². The van der Waals surface area contributed by atoms with Crippen LogP contribution in [0.5, 0.6) is 0 Å². The van der Waals surface area contributed by atoms with Crippen molar-refractivity contribution in [2.45, 2.75) is 19.0 Å². The van der Waals surface area contributed by atoms with E-state index in [4.69, 9.17) is 0 Å². The third kappa shape index (κ3) is 3.53. The first-order valence-electron chi connectivity index (χ1n) is 8.37. The highest BCUT2D eigenvalue weighted by Crippen LogP contribution is 2.20. The Balaban J connectivity index is 0.00000156. The summed E-state index contributed by atoms with van der Waals surface area (Å²) in [6.07, 6.45) is 3.20. The highest BCUT2D eigenvalue weighted by atomic mass is 35.5. The normalized spacial score (nSPS) is 23.3. The second kappa shape index (κ2) is 7.18. The number of aryl methyl sites for hydroxylation is 1. The fourth-order valence-electron chi connectivity index (χ4n) is 3.84. The Morgan fingerprint density at radius 3 is 2.87 bits per heavy atom. The smallest absolute Gasteiger partial charge is 0.0955 e. The molecule has 1 atom stereocenters. The van der Waals surface area contributed by atoms with E-state index in [9.17, 15) is 0 Å². The lowest BCUT2D eigenvalue weighted by atomic mass is 10.2. The topological polar surface area (TPSA) is 36.3 Å². The van der Waals surface area contributed by atoms with Crippen molar-refractivity contribution in [3.63, 3.8) is 0 Å². The summed E-state index contributed by atoms with van der Waals surface area (Å²) >= 11 is 0. The fraction of sp³-hybridized carbons (Fsp3) is 0.588. The Morgan fingerprint density at radius 2 is 2.04 bits per heavy atom. The molecule has 3 heterocycles. The summed E-state index contributed by atoms with van der Waals surface area (Å²) in [5.74, 6) is 0. The molecule has 2 saturated heterocycles. The monoisotopic (exact) mass is 335 g/mol. The molecule has 0 radical (unpaired) electrons. The number of nitrogens with one attached hydrogen (secondary N) is 1. The van der Waals surface area contributed by atoms with Gasteiger partial charge in [0.15, 0.2) is 0 Å². The molecule has 2 aliphatic heterocycles. The molecule has 0 saturated carbocycles. The molecule has 1 aromatic carbocycles. The van der Waals surface area contributed by atoms with Crippen LogP contribution >= 0.6 is 12.4 Å². The third-order valence-corrected chi connectivity index (χ3v) is 5.11. The van der Waals surface area contributed by atoms with Crippen molar-refractivity contribution in [3.8, 4) is 0 Å². The lowest BCUT2D eigenvalue weighted by Gasteiger charge is -2.32. The van der Waals surface area contributed by atoms with Crippen LogP contribution in [-0.4, -0.2) is 64.7 Å². The molecule has 0 amide bonds. The van der Waals surface area contributed by atoms with Crippen molar-refractivity contribution in [2.75, 3.05) is 39.3 Å². The van der Waals surface area contributed by atoms with Gasteiger partial charge in [-0.05, 0) is 24.1 Å². The highest BCUT2D eigenvalue weighted by Gasteiger charge is 2.28. The number of likely N-dealkylation sites (tertiary alicyclic amines) is 1. The minimum Gasteiger partial charge on any atom is -0.334 e. The van der Waals surface area contributed by atoms with E-state index in [2.05, 4.69) is 42.9 Å². The Morgan fingerprint density at radius 1 is 1.22 bits per heavy atom. The summed E-state index contributed by atoms with van der Waals surface area (Å²) in [6, 6.07) is 7.44. The van der Waals surface area contributed by atoms with E-state index in [1.807, 2.05) is 13.4 Å². The number of hydrogen-bond acceptors (Lipinski definition) is 4. The van der Waals surface area contributed by atoms with Crippen LogP contribution in [0.2, 0.25) is 0 Å². The molecule has 1 N–H and O–H groups in total. The van der Waals surface area contributed by atoms with E-state index in [0.717, 1.165) is 31.2 Å². The summed E-state index contributed by atoms with van der Waals surface area (Å²) in [5, 5.41) is 3.44. The number of aromatic nitrogens is 2. The lowest BCUT2D eigenvalue weighted by Crippen LogP contribution is -2.49. The van der Waals surface area contributed by atoms with E-state index < -0.39 is 0 Å². The number of nitrogens with zero attached hydrogens (tertiary/aromatic N) is 4. The van der Waals surface area contributed by atoms with Crippen LogP contribution in [0.1, 0.15) is 12.0 Å². The SMILES string of the molecule is Cl.Cn1cnc2cc(CN3CCC(N4CCNCC4)C3)ccc21. The Bertz CT molecular complexity index is 649. The molecule has 1 aromatic heterocycles. The van der Waals surface area contributed by atoms with Gasteiger partial charge in [0.25, 0.3) is 0 Å². The third-order valence-electron chi connectivity index (χ3n) is 5.11. The van der Waals surface area contributed by atoms with Gasteiger partial charge in [-0.2, -0.15) is 0 Å². The molecule has 5 nitrogen and oxygen atoms in total. The summed E-state index contributed by atoms with van der Waals surface area (Å²) in [6.45, 7) is 8.18. The first-order valence-corrected chi connectivity index (χ1v) is 8.37. The van der Waals surface area contributed by atoms with Gasteiger partial charge >= 0.3 is 0 Å². The molecule has 4 rings (SSSR count). The summed E-state index contributed by atoms with van der Waals surface area (Å²) in [4.78, 5) is 9.73. The molecule has 0 spiro atoms. The van der Waals surface area contributed by atoms with Gasteiger partial charge < -0.3 is 9.88 Å². The van der Waals surface area contributed by atoms with Gasteiger partial charge in [0.1, 0.15) is 0 Å². The first-order chi connectivity index (χ1) is 10.8. The Kier molecular flexibility index (Phi) is 5.21. The van der Waals surface area contributed by atoms with Crippen molar-refractivity contribution in [1.82, 2.24) is 24.7 Å². The molecular weight excluding hydrogens is 310 g/mol. The second-order valence-electron chi connectivity index (χ2n) is 6.64. The summed E-state index contributed by atoms with van der Waals surface area (Å²) in [5.41, 5.74) is 3.70. The van der Waals surface area contributed by atoms with Gasteiger partial charge in [0.2, 0.25) is 0 Å². The standard InChI is InChI=1S/C17H25N5.ClH/c1-20-13-19-16-10-14(2-3-17(16)20)11-21-7-4-15(12-21)22-8-5-18-6-9-22;/h2-3,10,13,15,18H,4-9,11-12H2,1H3;1H. The molecular formula is C17H26ClN5. The maximum atomic E-state index is 4.47. The van der Waals surface area contributed by atoms with Crippen LogP contribution in [-0.2, 0) is 13.6 Å². The second-order valence-corrected chi connectivity index (χ2v) is 6.64. The number of fused-ring (bicyclic) bond motifs is 1. The van der Waals surface area contributed by atoms with Gasteiger partial charge in [0, 0.05) is 58.9 Å². The average Bonchev–Trinajstić information content (AvgIpc) is 3.16. The maximum absolute atomic E-state index is 4.47. The average molecular weight is 336 g/mol. The van der Waals surface area contributed by atoms with Crippen LogP contribution in [0.25, 0.3) is 11.0 Å². The Hall–Kier alpha value is -1.14. The quantitative estimate of drug-likeness (QED) is 0.921. The number of rotatable bonds is 3. The van der Waals surface area contributed by atoms with E-state index in [1.54, 1.807) is 0 Å². The van der Waals surface area contributed by atoms with Crippen LogP contribution in [0, 0.1) is 0 Å². The van der Waals surface area contributed by atoms with Crippen LogP contribution in [0.4, 0.5) is 0 Å². The van der Waals surface area contributed by atoms with E-state index in [-0.39, 0.29) is 12.4 Å². The zero-order chi connectivity index (χ0) is 14.9. The molecule has 23 heavy (non-hydrogen) atoms. The molecule has 6 heteroatoms. The van der Waals surface area contributed by atoms with E-state index >= 15 is 0 Å². The van der Waals surface area contributed by atoms with Gasteiger partial charge in [0.05, 0.1) is 17.4 Å². The predicted octanol–water partition coefficient (Wildman–Crippen LogP) is 1.47. The lowest BCUT2D eigenvalue weighted by molar-refractivity contribution is 0.170. The first kappa shape index (κ1) is 16.7. The largest absolute Gasteiger partial charge is 0.334 e. The molecule has 0 aliphatic carbocycles. The number of piperazine rings is 1. The van der Waals surface area contributed by atoms with Crippen LogP contribution in [0.15, 0.2) is 24.5 Å². The number of halogens is 1. The Labute approximate surface area is 144 Å². The van der Waals surface area contributed by atoms with Crippen LogP contribution in [0.3, 0.4) is 0 Å². The van der Waals surface area contributed by atoms with Gasteiger partial charge in [-0.3, -0.25) is 9.80 Å². The fourth-order valence-corrected chi connectivity index (χ4v) is 3.84.